The zero-order chi connectivity index (χ0) is 13.8. The van der Waals surface area contributed by atoms with Crippen molar-refractivity contribution in [3.8, 4) is 22.9 Å². The molecule has 2 N–H and O–H groups in total. The highest BCUT2D eigenvalue weighted by molar-refractivity contribution is 5.95. The first kappa shape index (κ1) is 12.7. The van der Waals surface area contributed by atoms with E-state index in [4.69, 9.17) is 5.26 Å². The van der Waals surface area contributed by atoms with Gasteiger partial charge in [0.25, 0.3) is 5.91 Å². The van der Waals surface area contributed by atoms with Crippen molar-refractivity contribution in [1.29, 1.82) is 5.26 Å². The van der Waals surface area contributed by atoms with E-state index < -0.39 is 0 Å². The molecule has 4 nitrogen and oxygen atoms in total. The predicted molar refractivity (Wildman–Crippen MR) is 71.6 cm³/mol. The molecule has 0 aliphatic carbocycles. The van der Waals surface area contributed by atoms with Gasteiger partial charge in [-0.1, -0.05) is 18.2 Å². The molecule has 0 radical (unpaired) electrons. The molecule has 0 heterocycles. The number of rotatable bonds is 2. The first-order valence-electron chi connectivity index (χ1n) is 5.71. The van der Waals surface area contributed by atoms with Crippen LogP contribution in [0, 0.1) is 11.3 Å². The number of amides is 1. The molecule has 0 saturated carbocycles. The third kappa shape index (κ3) is 2.55. The van der Waals surface area contributed by atoms with Crippen molar-refractivity contribution in [2.45, 2.75) is 0 Å². The maximum Gasteiger partial charge on any atom is 0.251 e. The van der Waals surface area contributed by atoms with Gasteiger partial charge in [0.2, 0.25) is 0 Å². The van der Waals surface area contributed by atoms with Crippen LogP contribution in [-0.4, -0.2) is 18.1 Å². The third-order valence-electron chi connectivity index (χ3n) is 2.80. The highest BCUT2D eigenvalue weighted by Crippen LogP contribution is 2.26. The molecule has 0 aromatic heterocycles. The lowest BCUT2D eigenvalue weighted by Crippen LogP contribution is -2.17. The van der Waals surface area contributed by atoms with Crippen LogP contribution in [-0.2, 0) is 0 Å². The van der Waals surface area contributed by atoms with Crippen LogP contribution in [0.2, 0.25) is 0 Å². The highest BCUT2D eigenvalue weighted by atomic mass is 16.3. The van der Waals surface area contributed by atoms with Gasteiger partial charge < -0.3 is 10.4 Å². The van der Waals surface area contributed by atoms with Gasteiger partial charge in [0, 0.05) is 12.6 Å². The number of carbonyl (C=O) groups is 1. The summed E-state index contributed by atoms with van der Waals surface area (Å²) in [6.07, 6.45) is 0. The van der Waals surface area contributed by atoms with Crippen molar-refractivity contribution in [1.82, 2.24) is 5.32 Å². The minimum absolute atomic E-state index is 0.0475. The predicted octanol–water partition coefficient (Wildman–Crippen LogP) is 2.29. The Balaban J connectivity index is 2.48. The average Bonchev–Trinajstić information content (AvgIpc) is 2.47. The number of carbonyl (C=O) groups excluding carboxylic acids is 1. The fraction of sp³-hybridized carbons (Fsp3) is 0.0667. The summed E-state index contributed by atoms with van der Waals surface area (Å²) in [6.45, 7) is 0. The van der Waals surface area contributed by atoms with Crippen LogP contribution >= 0.6 is 0 Å². The minimum Gasteiger partial charge on any atom is -0.507 e. The fourth-order valence-electron chi connectivity index (χ4n) is 1.79. The number of hydrogen-bond donors (Lipinski definition) is 2. The van der Waals surface area contributed by atoms with Crippen molar-refractivity contribution in [2.24, 2.45) is 0 Å². The number of nitrogens with zero attached hydrogens (tertiary/aromatic N) is 1. The smallest absolute Gasteiger partial charge is 0.251 e. The first-order valence-corrected chi connectivity index (χ1v) is 5.71. The minimum atomic E-state index is -0.166. The molecule has 0 spiro atoms. The number of benzene rings is 2. The Labute approximate surface area is 110 Å². The lowest BCUT2D eigenvalue weighted by Gasteiger charge is -2.06. The van der Waals surface area contributed by atoms with Gasteiger partial charge in [-0.2, -0.15) is 5.26 Å². The fourth-order valence-corrected chi connectivity index (χ4v) is 1.79. The molecular weight excluding hydrogens is 240 g/mol. The number of nitrogens with one attached hydrogen (secondary N) is 1. The van der Waals surface area contributed by atoms with E-state index >= 15 is 0 Å². The normalized spacial score (nSPS) is 9.68. The van der Waals surface area contributed by atoms with Crippen LogP contribution in [0.3, 0.4) is 0 Å². The Bertz CT molecular complexity index is 672. The zero-order valence-corrected chi connectivity index (χ0v) is 10.3. The van der Waals surface area contributed by atoms with Crippen molar-refractivity contribution in [2.75, 3.05) is 7.05 Å². The second-order valence-electron chi connectivity index (χ2n) is 4.00. The van der Waals surface area contributed by atoms with E-state index in [0.29, 0.717) is 5.56 Å². The van der Waals surface area contributed by atoms with Crippen LogP contribution in [0.15, 0.2) is 42.5 Å². The van der Waals surface area contributed by atoms with E-state index in [9.17, 15) is 9.90 Å². The summed E-state index contributed by atoms with van der Waals surface area (Å²) in [5.41, 5.74) is 2.35. The number of phenols is 1. The molecule has 2 aromatic carbocycles. The van der Waals surface area contributed by atoms with Crippen LogP contribution in [0.5, 0.6) is 5.75 Å². The molecule has 0 fully saturated rings. The molecule has 0 aliphatic heterocycles. The molecule has 4 heteroatoms. The van der Waals surface area contributed by atoms with Crippen molar-refractivity contribution in [3.05, 3.63) is 53.6 Å². The molecule has 0 unspecified atom stereocenters. The molecular formula is C15H12N2O2. The van der Waals surface area contributed by atoms with Crippen LogP contribution < -0.4 is 5.32 Å². The summed E-state index contributed by atoms with van der Waals surface area (Å²) in [7, 11) is 1.57. The van der Waals surface area contributed by atoms with Crippen molar-refractivity contribution >= 4 is 5.91 Å². The molecule has 19 heavy (non-hydrogen) atoms. The Morgan fingerprint density at radius 3 is 2.63 bits per heavy atom. The SMILES string of the molecule is CNC(=O)c1cccc(-c2ccc(O)c(C#N)c2)c1. The van der Waals surface area contributed by atoms with E-state index in [2.05, 4.69) is 5.32 Å². The van der Waals surface area contributed by atoms with Gasteiger partial charge in [-0.25, -0.2) is 0 Å². The van der Waals surface area contributed by atoms with E-state index in [0.717, 1.165) is 11.1 Å². The monoisotopic (exact) mass is 252 g/mol. The summed E-state index contributed by atoms with van der Waals surface area (Å²) >= 11 is 0. The Morgan fingerprint density at radius 2 is 1.95 bits per heavy atom. The number of hydrogen-bond acceptors (Lipinski definition) is 3. The number of aromatic hydroxyl groups is 1. The van der Waals surface area contributed by atoms with Crippen molar-refractivity contribution in [3.63, 3.8) is 0 Å². The van der Waals surface area contributed by atoms with Gasteiger partial charge in [0.15, 0.2) is 0 Å². The largest absolute Gasteiger partial charge is 0.507 e. The van der Waals surface area contributed by atoms with Gasteiger partial charge in [-0.3, -0.25) is 4.79 Å². The number of phenolic OH excluding ortho intramolecular Hbond substituents is 1. The molecule has 0 atom stereocenters. The highest BCUT2D eigenvalue weighted by Gasteiger charge is 2.07. The van der Waals surface area contributed by atoms with Crippen LogP contribution in [0.1, 0.15) is 15.9 Å². The van der Waals surface area contributed by atoms with Crippen LogP contribution in [0.25, 0.3) is 11.1 Å². The quantitative estimate of drug-likeness (QED) is 0.861. The van der Waals surface area contributed by atoms with Gasteiger partial charge in [0.05, 0.1) is 5.56 Å². The number of nitriles is 1. The molecule has 1 amide bonds. The van der Waals surface area contributed by atoms with Gasteiger partial charge in [0.1, 0.15) is 11.8 Å². The Kier molecular flexibility index (Phi) is 3.48. The van der Waals surface area contributed by atoms with E-state index in [1.807, 2.05) is 12.1 Å². The van der Waals surface area contributed by atoms with E-state index in [-0.39, 0.29) is 17.2 Å². The summed E-state index contributed by atoms with van der Waals surface area (Å²) in [4.78, 5) is 11.6. The zero-order valence-electron chi connectivity index (χ0n) is 10.3. The molecule has 2 rings (SSSR count). The lowest BCUT2D eigenvalue weighted by atomic mass is 10.0. The maximum atomic E-state index is 11.6. The standard InChI is InChI=1S/C15H12N2O2/c1-17-15(19)12-4-2-3-10(7-12)11-5-6-14(18)13(8-11)9-16/h2-8,18H,1H3,(H,17,19). The molecule has 94 valence electrons. The second kappa shape index (κ2) is 5.23. The van der Waals surface area contributed by atoms with E-state index in [1.165, 1.54) is 6.07 Å². The molecule has 0 saturated heterocycles. The summed E-state index contributed by atoms with van der Waals surface area (Å²) in [5.74, 6) is -0.213. The summed E-state index contributed by atoms with van der Waals surface area (Å²) < 4.78 is 0. The Hall–Kier alpha value is -2.80. The third-order valence-corrected chi connectivity index (χ3v) is 2.80. The second-order valence-corrected chi connectivity index (χ2v) is 4.00. The van der Waals surface area contributed by atoms with Gasteiger partial charge >= 0.3 is 0 Å². The molecule has 2 aromatic rings. The average molecular weight is 252 g/mol. The summed E-state index contributed by atoms with van der Waals surface area (Å²) in [5, 5.41) is 20.9. The van der Waals surface area contributed by atoms with Crippen LogP contribution in [0.4, 0.5) is 0 Å². The van der Waals surface area contributed by atoms with Crippen molar-refractivity contribution < 1.29 is 9.90 Å². The lowest BCUT2D eigenvalue weighted by molar-refractivity contribution is 0.0963. The maximum absolute atomic E-state index is 11.6. The topological polar surface area (TPSA) is 73.1 Å². The van der Waals surface area contributed by atoms with Gasteiger partial charge in [-0.15, -0.1) is 0 Å². The van der Waals surface area contributed by atoms with E-state index in [1.54, 1.807) is 37.4 Å². The molecule has 0 aliphatic rings. The first-order chi connectivity index (χ1) is 9.15. The van der Waals surface area contributed by atoms with Gasteiger partial charge in [-0.05, 0) is 35.4 Å². The summed E-state index contributed by atoms with van der Waals surface area (Å²) in [6, 6.07) is 13.8. The Morgan fingerprint density at radius 1 is 1.21 bits per heavy atom. The molecule has 0 bridgehead atoms.